The van der Waals surface area contributed by atoms with Crippen LogP contribution >= 0.6 is 0 Å². The first-order chi connectivity index (χ1) is 5.37. The van der Waals surface area contributed by atoms with E-state index < -0.39 is 0 Å². The summed E-state index contributed by atoms with van der Waals surface area (Å²) in [5, 5.41) is 3.58. The highest BCUT2D eigenvalue weighted by Gasteiger charge is 2.36. The Bertz CT molecular complexity index is 199. The Kier molecular flexibility index (Phi) is 2.24. The van der Waals surface area contributed by atoms with E-state index in [1.165, 1.54) is 18.5 Å². The fraction of sp³-hybridized carbons (Fsp3) is 0.818. The maximum Gasteiger partial charge on any atom is 0.0314 e. The van der Waals surface area contributed by atoms with Crippen LogP contribution in [0.1, 0.15) is 47.5 Å². The van der Waals surface area contributed by atoms with Gasteiger partial charge in [0.05, 0.1) is 0 Å². The zero-order chi connectivity index (χ0) is 9.41. The normalized spacial score (nSPS) is 20.2. The Hall–Kier alpha value is -0.460. The molecular weight excluding hydrogens is 146 g/mol. The highest BCUT2D eigenvalue weighted by Crippen LogP contribution is 2.42. The van der Waals surface area contributed by atoms with Crippen LogP contribution < -0.4 is 5.32 Å². The molecule has 1 N–H and O–H groups in total. The second kappa shape index (κ2) is 2.79. The maximum atomic E-state index is 3.58. The molecule has 0 aromatic heterocycles. The number of nitrogens with one attached hydrogen (secondary N) is 1. The van der Waals surface area contributed by atoms with Crippen molar-refractivity contribution >= 4 is 0 Å². The average molecular weight is 167 g/mol. The van der Waals surface area contributed by atoms with Crippen LogP contribution in [0.4, 0.5) is 0 Å². The van der Waals surface area contributed by atoms with Crippen LogP contribution in [-0.4, -0.2) is 5.54 Å². The van der Waals surface area contributed by atoms with E-state index in [9.17, 15) is 0 Å². The third kappa shape index (κ3) is 2.26. The molecule has 1 aliphatic rings. The first-order valence-electron chi connectivity index (χ1n) is 4.89. The molecule has 1 heteroatoms. The summed E-state index contributed by atoms with van der Waals surface area (Å²) in [6.45, 7) is 11.3. The molecule has 0 amide bonds. The van der Waals surface area contributed by atoms with E-state index in [0.29, 0.717) is 5.41 Å². The van der Waals surface area contributed by atoms with Gasteiger partial charge in [-0.3, -0.25) is 0 Å². The minimum Gasteiger partial charge on any atom is -0.383 e. The molecule has 0 fully saturated rings. The number of hydrogen-bond acceptors (Lipinski definition) is 1. The van der Waals surface area contributed by atoms with Gasteiger partial charge in [-0.05, 0) is 20.3 Å². The summed E-state index contributed by atoms with van der Waals surface area (Å²) in [6, 6.07) is 0. The lowest BCUT2D eigenvalue weighted by Gasteiger charge is -2.27. The SMILES string of the molecule is CCCC(C)(C)NC1=CC1(C)C. The molecule has 0 spiro atoms. The van der Waals surface area contributed by atoms with Gasteiger partial charge in [0.2, 0.25) is 0 Å². The summed E-state index contributed by atoms with van der Waals surface area (Å²) >= 11 is 0. The van der Waals surface area contributed by atoms with Crippen molar-refractivity contribution in [1.29, 1.82) is 0 Å². The number of rotatable bonds is 4. The predicted molar refractivity (Wildman–Crippen MR) is 54.0 cm³/mol. The first kappa shape index (κ1) is 9.63. The fourth-order valence-electron chi connectivity index (χ4n) is 1.57. The van der Waals surface area contributed by atoms with Gasteiger partial charge in [-0.15, -0.1) is 0 Å². The van der Waals surface area contributed by atoms with Crippen LogP contribution in [0.2, 0.25) is 0 Å². The third-order valence-corrected chi connectivity index (χ3v) is 2.46. The van der Waals surface area contributed by atoms with E-state index in [1.54, 1.807) is 0 Å². The summed E-state index contributed by atoms with van der Waals surface area (Å²) in [5.74, 6) is 0. The molecule has 12 heavy (non-hydrogen) atoms. The molecule has 0 unspecified atom stereocenters. The topological polar surface area (TPSA) is 12.0 Å². The molecule has 70 valence electrons. The Morgan fingerprint density at radius 2 is 1.92 bits per heavy atom. The van der Waals surface area contributed by atoms with Gasteiger partial charge in [0, 0.05) is 16.7 Å². The highest BCUT2D eigenvalue weighted by atomic mass is 15.0. The zero-order valence-electron chi connectivity index (χ0n) is 8.99. The summed E-state index contributed by atoms with van der Waals surface area (Å²) in [5.41, 5.74) is 2.04. The molecule has 0 aromatic rings. The molecule has 0 atom stereocenters. The summed E-state index contributed by atoms with van der Waals surface area (Å²) in [7, 11) is 0. The second-order valence-electron chi connectivity index (χ2n) is 5.04. The maximum absolute atomic E-state index is 3.58. The van der Waals surface area contributed by atoms with Crippen molar-refractivity contribution in [3.8, 4) is 0 Å². The molecule has 1 nitrogen and oxygen atoms in total. The Balaban J connectivity index is 2.37. The standard InChI is InChI=1S/C11H21N/c1-6-7-11(4,5)12-9-8-10(9,2)3/h8,12H,6-7H2,1-5H3. The summed E-state index contributed by atoms with van der Waals surface area (Å²) < 4.78 is 0. The van der Waals surface area contributed by atoms with Crippen LogP contribution in [0, 0.1) is 5.41 Å². The molecule has 1 rings (SSSR count). The van der Waals surface area contributed by atoms with Gasteiger partial charge < -0.3 is 5.32 Å². The van der Waals surface area contributed by atoms with Crippen LogP contribution in [0.15, 0.2) is 11.8 Å². The quantitative estimate of drug-likeness (QED) is 0.678. The van der Waals surface area contributed by atoms with Crippen LogP contribution in [0.5, 0.6) is 0 Å². The lowest BCUT2D eigenvalue weighted by Crippen LogP contribution is -2.37. The Morgan fingerprint density at radius 3 is 2.25 bits per heavy atom. The van der Waals surface area contributed by atoms with Crippen LogP contribution in [-0.2, 0) is 0 Å². The van der Waals surface area contributed by atoms with Gasteiger partial charge in [0.15, 0.2) is 0 Å². The minimum absolute atomic E-state index is 0.272. The largest absolute Gasteiger partial charge is 0.383 e. The summed E-state index contributed by atoms with van der Waals surface area (Å²) in [4.78, 5) is 0. The van der Waals surface area contributed by atoms with E-state index in [4.69, 9.17) is 0 Å². The Morgan fingerprint density at radius 1 is 1.42 bits per heavy atom. The molecule has 0 radical (unpaired) electrons. The smallest absolute Gasteiger partial charge is 0.0314 e. The predicted octanol–water partition coefficient (Wildman–Crippen LogP) is 3.08. The lowest BCUT2D eigenvalue weighted by molar-refractivity contribution is 0.383. The molecule has 0 saturated heterocycles. The molecule has 0 aromatic carbocycles. The van der Waals surface area contributed by atoms with E-state index in [-0.39, 0.29) is 5.54 Å². The van der Waals surface area contributed by atoms with Crippen molar-refractivity contribution in [3.05, 3.63) is 11.8 Å². The van der Waals surface area contributed by atoms with E-state index in [0.717, 1.165) is 0 Å². The Labute approximate surface area is 76.2 Å². The van der Waals surface area contributed by atoms with Crippen molar-refractivity contribution < 1.29 is 0 Å². The molecule has 1 aliphatic carbocycles. The van der Waals surface area contributed by atoms with Gasteiger partial charge >= 0.3 is 0 Å². The van der Waals surface area contributed by atoms with Crippen molar-refractivity contribution in [2.75, 3.05) is 0 Å². The molecule has 0 bridgehead atoms. The monoisotopic (exact) mass is 167 g/mol. The average Bonchev–Trinajstić information content (AvgIpc) is 2.36. The van der Waals surface area contributed by atoms with Crippen LogP contribution in [0.3, 0.4) is 0 Å². The summed E-state index contributed by atoms with van der Waals surface area (Å²) in [6.07, 6.45) is 4.78. The van der Waals surface area contributed by atoms with E-state index in [1.807, 2.05) is 0 Å². The molecule has 0 saturated carbocycles. The zero-order valence-corrected chi connectivity index (χ0v) is 8.99. The first-order valence-corrected chi connectivity index (χ1v) is 4.89. The van der Waals surface area contributed by atoms with Crippen molar-refractivity contribution in [2.45, 2.75) is 53.0 Å². The van der Waals surface area contributed by atoms with Gasteiger partial charge in [-0.2, -0.15) is 0 Å². The minimum atomic E-state index is 0.272. The van der Waals surface area contributed by atoms with E-state index >= 15 is 0 Å². The third-order valence-electron chi connectivity index (χ3n) is 2.46. The van der Waals surface area contributed by atoms with Gasteiger partial charge in [0.1, 0.15) is 0 Å². The number of hydrogen-bond donors (Lipinski definition) is 1. The van der Waals surface area contributed by atoms with E-state index in [2.05, 4.69) is 46.0 Å². The van der Waals surface area contributed by atoms with Crippen LogP contribution in [0.25, 0.3) is 0 Å². The number of allylic oxidation sites excluding steroid dienone is 2. The second-order valence-corrected chi connectivity index (χ2v) is 5.04. The van der Waals surface area contributed by atoms with Crippen molar-refractivity contribution in [1.82, 2.24) is 5.32 Å². The molecule has 0 aliphatic heterocycles. The van der Waals surface area contributed by atoms with Crippen molar-refractivity contribution in [3.63, 3.8) is 0 Å². The molecule has 0 heterocycles. The molecular formula is C11H21N. The van der Waals surface area contributed by atoms with Gasteiger partial charge in [-0.25, -0.2) is 0 Å². The highest BCUT2D eigenvalue weighted by molar-refractivity contribution is 5.35. The lowest BCUT2D eigenvalue weighted by atomic mass is 9.98. The van der Waals surface area contributed by atoms with Gasteiger partial charge in [0.25, 0.3) is 0 Å². The van der Waals surface area contributed by atoms with Crippen molar-refractivity contribution in [2.24, 2.45) is 5.41 Å². The fourth-order valence-corrected chi connectivity index (χ4v) is 1.57. The van der Waals surface area contributed by atoms with Gasteiger partial charge in [-0.1, -0.05) is 33.3 Å².